The van der Waals surface area contributed by atoms with Crippen molar-refractivity contribution in [1.82, 2.24) is 9.88 Å². The smallest absolute Gasteiger partial charge is 0.254 e. The molecule has 0 saturated carbocycles. The number of nitrogens with zero attached hydrogens (tertiary/aromatic N) is 2. The maximum absolute atomic E-state index is 13.1. The third-order valence-electron chi connectivity index (χ3n) is 4.87. The molecule has 1 heterocycles. The Morgan fingerprint density at radius 2 is 1.77 bits per heavy atom. The molecular formula is C24H27N3O2S2. The number of carbonyl (C=O) groups excluding carboxylic acids is 2. The third kappa shape index (κ3) is 5.95. The molecule has 0 aliphatic heterocycles. The van der Waals surface area contributed by atoms with Gasteiger partial charge >= 0.3 is 0 Å². The Balaban J connectivity index is 1.66. The maximum atomic E-state index is 13.1. The molecule has 3 rings (SSSR count). The largest absolute Gasteiger partial charge is 0.332 e. The Labute approximate surface area is 191 Å². The van der Waals surface area contributed by atoms with Gasteiger partial charge in [-0.3, -0.25) is 9.59 Å². The summed E-state index contributed by atoms with van der Waals surface area (Å²) < 4.78 is 0.983. The zero-order valence-electron chi connectivity index (χ0n) is 18.5. The molecule has 2 aromatic carbocycles. The molecular weight excluding hydrogens is 426 g/mol. The van der Waals surface area contributed by atoms with Gasteiger partial charge in [0.15, 0.2) is 0 Å². The number of carbonyl (C=O) groups is 2. The van der Waals surface area contributed by atoms with E-state index in [9.17, 15) is 9.59 Å². The number of rotatable bonds is 7. The summed E-state index contributed by atoms with van der Waals surface area (Å²) >= 11 is 3.22. The lowest BCUT2D eigenvalue weighted by Crippen LogP contribution is -2.35. The molecule has 0 bridgehead atoms. The molecule has 0 aliphatic rings. The van der Waals surface area contributed by atoms with Crippen molar-refractivity contribution < 1.29 is 9.59 Å². The van der Waals surface area contributed by atoms with Gasteiger partial charge in [0.1, 0.15) is 4.34 Å². The molecule has 3 aromatic rings. The lowest BCUT2D eigenvalue weighted by molar-refractivity contribution is -0.116. The van der Waals surface area contributed by atoms with E-state index in [1.165, 1.54) is 4.90 Å². The second kappa shape index (κ2) is 10.1. The number of aryl methyl sites for hydroxylation is 4. The maximum Gasteiger partial charge on any atom is 0.254 e. The van der Waals surface area contributed by atoms with Crippen LogP contribution in [0.5, 0.6) is 0 Å². The van der Waals surface area contributed by atoms with Gasteiger partial charge in [0.05, 0.1) is 6.54 Å². The van der Waals surface area contributed by atoms with Gasteiger partial charge in [0.25, 0.3) is 5.91 Å². The van der Waals surface area contributed by atoms with Gasteiger partial charge in [-0.05, 0) is 50.5 Å². The molecule has 0 saturated heterocycles. The number of thiazole rings is 1. The molecule has 0 unspecified atom stereocenters. The summed E-state index contributed by atoms with van der Waals surface area (Å²) in [6.45, 7) is 7.94. The van der Waals surface area contributed by atoms with Crippen LogP contribution in [0, 0.1) is 27.7 Å². The molecule has 0 spiro atoms. The normalized spacial score (nSPS) is 10.7. The summed E-state index contributed by atoms with van der Waals surface area (Å²) in [6.07, 6.45) is 0. The van der Waals surface area contributed by atoms with Gasteiger partial charge in [0.2, 0.25) is 5.91 Å². The van der Waals surface area contributed by atoms with Crippen molar-refractivity contribution in [3.05, 3.63) is 75.3 Å². The first-order valence-corrected chi connectivity index (χ1v) is 11.9. The fourth-order valence-electron chi connectivity index (χ4n) is 3.44. The van der Waals surface area contributed by atoms with Crippen molar-refractivity contribution in [2.45, 2.75) is 37.8 Å². The summed E-state index contributed by atoms with van der Waals surface area (Å²) in [4.78, 5) is 31.6. The highest BCUT2D eigenvalue weighted by Gasteiger charge is 2.19. The summed E-state index contributed by atoms with van der Waals surface area (Å²) in [6, 6.07) is 11.6. The number of nitrogens with one attached hydrogen (secondary N) is 1. The zero-order chi connectivity index (χ0) is 22.5. The molecule has 2 amide bonds. The van der Waals surface area contributed by atoms with Crippen LogP contribution in [0.3, 0.4) is 0 Å². The van der Waals surface area contributed by atoms with Crippen molar-refractivity contribution in [2.75, 3.05) is 18.9 Å². The first-order valence-electron chi connectivity index (χ1n) is 10.0. The van der Waals surface area contributed by atoms with E-state index < -0.39 is 0 Å². The summed E-state index contributed by atoms with van der Waals surface area (Å²) in [5, 5.41) is 4.98. The van der Waals surface area contributed by atoms with Crippen molar-refractivity contribution in [3.8, 4) is 0 Å². The minimum atomic E-state index is -0.212. The van der Waals surface area contributed by atoms with Crippen LogP contribution >= 0.6 is 23.1 Å². The van der Waals surface area contributed by atoms with Gasteiger partial charge in [0, 0.05) is 35.1 Å². The van der Waals surface area contributed by atoms with E-state index in [2.05, 4.69) is 10.3 Å². The standard InChI is InChI=1S/C24H27N3O2S2/c1-15-10-16(2)22(17(3)11-15)26-21(28)12-27(5)23(29)20-9-7-6-8-19(20)14-31-24-25-18(4)13-30-24/h6-11,13H,12,14H2,1-5H3,(H,26,28). The lowest BCUT2D eigenvalue weighted by atomic mass is 10.1. The molecule has 31 heavy (non-hydrogen) atoms. The molecule has 0 fully saturated rings. The Hall–Kier alpha value is -2.64. The topological polar surface area (TPSA) is 62.3 Å². The van der Waals surface area contributed by atoms with Crippen LogP contribution < -0.4 is 5.32 Å². The molecule has 7 heteroatoms. The van der Waals surface area contributed by atoms with Crippen molar-refractivity contribution in [1.29, 1.82) is 0 Å². The zero-order valence-corrected chi connectivity index (χ0v) is 20.1. The summed E-state index contributed by atoms with van der Waals surface area (Å²) in [5.74, 6) is 0.270. The quantitative estimate of drug-likeness (QED) is 0.488. The number of hydrogen-bond donors (Lipinski definition) is 1. The minimum Gasteiger partial charge on any atom is -0.332 e. The first kappa shape index (κ1) is 23.0. The first-order chi connectivity index (χ1) is 14.7. The Kier molecular flexibility index (Phi) is 7.51. The van der Waals surface area contributed by atoms with Gasteiger partial charge < -0.3 is 10.2 Å². The van der Waals surface area contributed by atoms with Crippen LogP contribution in [0.15, 0.2) is 46.1 Å². The molecule has 0 atom stereocenters. The van der Waals surface area contributed by atoms with E-state index in [1.54, 1.807) is 30.1 Å². The van der Waals surface area contributed by atoms with E-state index in [1.807, 2.05) is 69.5 Å². The predicted molar refractivity (Wildman–Crippen MR) is 129 cm³/mol. The predicted octanol–water partition coefficient (Wildman–Crippen LogP) is 5.38. The number of likely N-dealkylation sites (N-methyl/N-ethyl adjacent to an activating group) is 1. The third-order valence-corrected chi connectivity index (χ3v) is 7.05. The fraction of sp³-hybridized carbons (Fsp3) is 0.292. The summed E-state index contributed by atoms with van der Waals surface area (Å²) in [7, 11) is 1.66. The number of anilines is 1. The van der Waals surface area contributed by atoms with Crippen LogP contribution in [0.1, 0.15) is 38.3 Å². The highest BCUT2D eigenvalue weighted by molar-refractivity contribution is 8.00. The SMILES string of the molecule is Cc1cc(C)c(NC(=O)CN(C)C(=O)c2ccccc2CSc2nc(C)cs2)c(C)c1. The van der Waals surface area contributed by atoms with Gasteiger partial charge in [-0.2, -0.15) is 0 Å². The van der Waals surface area contributed by atoms with Crippen molar-refractivity contribution in [3.63, 3.8) is 0 Å². The number of benzene rings is 2. The second-order valence-corrected chi connectivity index (χ2v) is 9.76. The molecule has 0 aliphatic carbocycles. The van der Waals surface area contributed by atoms with Crippen LogP contribution in [0.4, 0.5) is 5.69 Å². The molecule has 1 aromatic heterocycles. The average molecular weight is 454 g/mol. The number of hydrogen-bond acceptors (Lipinski definition) is 5. The highest BCUT2D eigenvalue weighted by Crippen LogP contribution is 2.27. The van der Waals surface area contributed by atoms with E-state index in [-0.39, 0.29) is 18.4 Å². The van der Waals surface area contributed by atoms with Crippen LogP contribution in [-0.2, 0) is 10.5 Å². The minimum absolute atomic E-state index is 0.0151. The van der Waals surface area contributed by atoms with Gasteiger partial charge in [-0.15, -0.1) is 11.3 Å². The number of amides is 2. The fourth-order valence-corrected chi connectivity index (χ4v) is 5.30. The molecule has 162 valence electrons. The Bertz CT molecular complexity index is 1080. The lowest BCUT2D eigenvalue weighted by Gasteiger charge is -2.20. The monoisotopic (exact) mass is 453 g/mol. The van der Waals surface area contributed by atoms with Crippen molar-refractivity contribution in [2.24, 2.45) is 0 Å². The summed E-state index contributed by atoms with van der Waals surface area (Å²) in [5.41, 5.74) is 6.54. The van der Waals surface area contributed by atoms with Crippen LogP contribution in [0.2, 0.25) is 0 Å². The highest BCUT2D eigenvalue weighted by atomic mass is 32.2. The van der Waals surface area contributed by atoms with Crippen molar-refractivity contribution >= 4 is 40.6 Å². The molecule has 1 N–H and O–H groups in total. The van der Waals surface area contributed by atoms with E-state index >= 15 is 0 Å². The molecule has 0 radical (unpaired) electrons. The Morgan fingerprint density at radius 1 is 1.10 bits per heavy atom. The molecule has 5 nitrogen and oxygen atoms in total. The van der Waals surface area contributed by atoms with Gasteiger partial charge in [-0.25, -0.2) is 4.98 Å². The second-order valence-electron chi connectivity index (χ2n) is 7.68. The van der Waals surface area contributed by atoms with E-state index in [0.717, 1.165) is 38.0 Å². The van der Waals surface area contributed by atoms with Crippen LogP contribution in [-0.4, -0.2) is 35.3 Å². The average Bonchev–Trinajstić information content (AvgIpc) is 3.14. The number of thioether (sulfide) groups is 1. The number of aromatic nitrogens is 1. The van der Waals surface area contributed by atoms with E-state index in [4.69, 9.17) is 0 Å². The Morgan fingerprint density at radius 3 is 2.42 bits per heavy atom. The van der Waals surface area contributed by atoms with Gasteiger partial charge in [-0.1, -0.05) is 47.7 Å². The van der Waals surface area contributed by atoms with E-state index in [0.29, 0.717) is 11.3 Å². The van der Waals surface area contributed by atoms with Crippen LogP contribution in [0.25, 0.3) is 0 Å².